The first-order valence-corrected chi connectivity index (χ1v) is 10.1. The minimum Gasteiger partial charge on any atom is -0.203 e. The van der Waals surface area contributed by atoms with Gasteiger partial charge in [-0.3, -0.25) is 0 Å². The lowest BCUT2D eigenvalue weighted by Gasteiger charge is -2.22. The summed E-state index contributed by atoms with van der Waals surface area (Å²) in [4.78, 5) is 0. The molecule has 0 radical (unpaired) electrons. The van der Waals surface area contributed by atoms with Gasteiger partial charge in [-0.1, -0.05) is 62.6 Å². The Morgan fingerprint density at radius 2 is 1.78 bits per heavy atom. The van der Waals surface area contributed by atoms with Crippen LogP contribution in [0.25, 0.3) is 5.57 Å². The molecule has 2 aromatic carbocycles. The molecule has 146 valence electrons. The largest absolute Gasteiger partial charge is 0.203 e. The summed E-state index contributed by atoms with van der Waals surface area (Å²) < 4.78 is 28.7. The first-order chi connectivity index (χ1) is 12.8. The van der Waals surface area contributed by atoms with Crippen molar-refractivity contribution < 1.29 is 8.78 Å². The highest BCUT2D eigenvalue weighted by molar-refractivity contribution is 6.30. The third-order valence-corrected chi connectivity index (χ3v) is 5.69. The van der Waals surface area contributed by atoms with Crippen LogP contribution in [0, 0.1) is 18.6 Å². The number of aryl methyl sites for hydroxylation is 2. The Kier molecular flexibility index (Phi) is 7.61. The summed E-state index contributed by atoms with van der Waals surface area (Å²) in [6, 6.07) is 9.34. The van der Waals surface area contributed by atoms with E-state index in [4.69, 9.17) is 11.6 Å². The molecule has 0 N–H and O–H groups in total. The number of halogens is 3. The lowest BCUT2D eigenvalue weighted by molar-refractivity contribution is 0.490. The van der Waals surface area contributed by atoms with Crippen molar-refractivity contribution in [2.45, 2.75) is 66.2 Å². The van der Waals surface area contributed by atoms with Crippen LogP contribution in [0.4, 0.5) is 8.78 Å². The highest BCUT2D eigenvalue weighted by atomic mass is 35.5. The molecule has 0 saturated carbocycles. The van der Waals surface area contributed by atoms with E-state index in [1.165, 1.54) is 11.1 Å². The third-order valence-electron chi connectivity index (χ3n) is 5.46. The van der Waals surface area contributed by atoms with Gasteiger partial charge in [-0.15, -0.1) is 0 Å². The number of unbranched alkanes of at least 4 members (excludes halogenated alkanes) is 1. The van der Waals surface area contributed by atoms with Crippen molar-refractivity contribution in [3.63, 3.8) is 0 Å². The molecular formula is C24H29ClF2. The van der Waals surface area contributed by atoms with Crippen LogP contribution in [0.1, 0.15) is 75.1 Å². The summed E-state index contributed by atoms with van der Waals surface area (Å²) in [6.45, 7) is 9.85. The van der Waals surface area contributed by atoms with Crippen LogP contribution >= 0.6 is 11.6 Å². The summed E-state index contributed by atoms with van der Waals surface area (Å²) in [5.74, 6) is -1.70. The molecule has 0 heterocycles. The van der Waals surface area contributed by atoms with E-state index in [0.29, 0.717) is 16.1 Å². The van der Waals surface area contributed by atoms with E-state index in [-0.39, 0.29) is 5.92 Å². The van der Waals surface area contributed by atoms with Crippen LogP contribution in [0.15, 0.2) is 35.9 Å². The van der Waals surface area contributed by atoms with Gasteiger partial charge in [-0.25, -0.2) is 8.78 Å². The highest BCUT2D eigenvalue weighted by Crippen LogP contribution is 2.37. The molecule has 0 unspecified atom stereocenters. The SMILES string of the molecule is CCCC/C(=C(/C)[C@@H](C)c1ccc(C)c(F)c1F)c1cc(Cl)ccc1CC. The van der Waals surface area contributed by atoms with E-state index < -0.39 is 11.6 Å². The van der Waals surface area contributed by atoms with Gasteiger partial charge in [-0.2, -0.15) is 0 Å². The van der Waals surface area contributed by atoms with Gasteiger partial charge in [0.05, 0.1) is 0 Å². The smallest absolute Gasteiger partial charge is 0.162 e. The maximum Gasteiger partial charge on any atom is 0.162 e. The quantitative estimate of drug-likeness (QED) is 0.446. The fourth-order valence-electron chi connectivity index (χ4n) is 3.53. The van der Waals surface area contributed by atoms with Crippen molar-refractivity contribution >= 4 is 17.2 Å². The van der Waals surface area contributed by atoms with Crippen LogP contribution in [0.3, 0.4) is 0 Å². The second kappa shape index (κ2) is 9.50. The van der Waals surface area contributed by atoms with Crippen molar-refractivity contribution in [1.82, 2.24) is 0 Å². The molecule has 0 saturated heterocycles. The summed E-state index contributed by atoms with van der Waals surface area (Å²) >= 11 is 6.28. The van der Waals surface area contributed by atoms with Crippen LogP contribution < -0.4 is 0 Å². The van der Waals surface area contributed by atoms with Gasteiger partial charge in [0.2, 0.25) is 0 Å². The second-order valence-corrected chi connectivity index (χ2v) is 7.68. The lowest BCUT2D eigenvalue weighted by atomic mass is 9.84. The van der Waals surface area contributed by atoms with E-state index >= 15 is 0 Å². The number of hydrogen-bond acceptors (Lipinski definition) is 0. The van der Waals surface area contributed by atoms with Gasteiger partial charge >= 0.3 is 0 Å². The number of hydrogen-bond donors (Lipinski definition) is 0. The van der Waals surface area contributed by atoms with Crippen molar-refractivity contribution in [1.29, 1.82) is 0 Å². The molecule has 2 aromatic rings. The summed E-state index contributed by atoms with van der Waals surface area (Å²) in [5, 5.41) is 0.698. The predicted molar refractivity (Wildman–Crippen MR) is 112 cm³/mol. The summed E-state index contributed by atoms with van der Waals surface area (Å²) in [7, 11) is 0. The van der Waals surface area contributed by atoms with Gasteiger partial charge in [0.25, 0.3) is 0 Å². The highest BCUT2D eigenvalue weighted by Gasteiger charge is 2.21. The summed E-state index contributed by atoms with van der Waals surface area (Å²) in [5.41, 5.74) is 5.37. The fraction of sp³-hybridized carbons (Fsp3) is 0.417. The van der Waals surface area contributed by atoms with Crippen molar-refractivity contribution in [2.24, 2.45) is 0 Å². The zero-order valence-electron chi connectivity index (χ0n) is 16.9. The third kappa shape index (κ3) is 4.79. The molecule has 0 aliphatic rings. The normalized spacial score (nSPS) is 13.5. The zero-order valence-corrected chi connectivity index (χ0v) is 17.7. The fourth-order valence-corrected chi connectivity index (χ4v) is 3.70. The van der Waals surface area contributed by atoms with Crippen molar-refractivity contribution in [3.05, 3.63) is 74.8 Å². The van der Waals surface area contributed by atoms with E-state index in [1.807, 2.05) is 26.0 Å². The van der Waals surface area contributed by atoms with Crippen molar-refractivity contribution in [2.75, 3.05) is 0 Å². The Hall–Kier alpha value is -1.67. The lowest BCUT2D eigenvalue weighted by Crippen LogP contribution is -2.06. The molecule has 1 atom stereocenters. The average Bonchev–Trinajstić information content (AvgIpc) is 2.66. The first kappa shape index (κ1) is 21.6. The first-order valence-electron chi connectivity index (χ1n) is 9.74. The molecule has 0 nitrogen and oxygen atoms in total. The van der Waals surface area contributed by atoms with E-state index in [9.17, 15) is 8.78 Å². The van der Waals surface area contributed by atoms with Gasteiger partial charge in [0.15, 0.2) is 11.6 Å². The standard InChI is InChI=1S/C24H29ClF2/c1-6-8-9-20(22-14-19(25)12-11-18(22)7-2)16(4)17(5)21-13-10-15(3)23(26)24(21)27/h10-14,17H,6-9H2,1-5H3/b20-16+/t17-/m1/s1. The van der Waals surface area contributed by atoms with Gasteiger partial charge in [-0.05, 0) is 73.1 Å². The molecule has 0 amide bonds. The maximum atomic E-state index is 14.6. The molecular weight excluding hydrogens is 362 g/mol. The second-order valence-electron chi connectivity index (χ2n) is 7.24. The monoisotopic (exact) mass is 390 g/mol. The Morgan fingerprint density at radius 3 is 2.41 bits per heavy atom. The minimum absolute atomic E-state index is 0.212. The number of allylic oxidation sites excluding steroid dienone is 2. The van der Waals surface area contributed by atoms with Crippen LogP contribution in [0.2, 0.25) is 5.02 Å². The van der Waals surface area contributed by atoms with Crippen LogP contribution in [-0.4, -0.2) is 0 Å². The van der Waals surface area contributed by atoms with Crippen LogP contribution in [-0.2, 0) is 6.42 Å². The molecule has 0 aromatic heterocycles. The van der Waals surface area contributed by atoms with Gasteiger partial charge in [0.1, 0.15) is 0 Å². The van der Waals surface area contributed by atoms with E-state index in [0.717, 1.165) is 36.8 Å². The Bertz CT molecular complexity index is 837. The molecule has 0 fully saturated rings. The number of benzene rings is 2. The molecule has 0 aliphatic heterocycles. The molecule has 27 heavy (non-hydrogen) atoms. The topological polar surface area (TPSA) is 0 Å². The Morgan fingerprint density at radius 1 is 1.07 bits per heavy atom. The molecule has 0 aliphatic carbocycles. The van der Waals surface area contributed by atoms with Crippen molar-refractivity contribution in [3.8, 4) is 0 Å². The maximum absolute atomic E-state index is 14.6. The van der Waals surface area contributed by atoms with E-state index in [1.54, 1.807) is 19.1 Å². The van der Waals surface area contributed by atoms with Gasteiger partial charge < -0.3 is 0 Å². The predicted octanol–water partition coefficient (Wildman–Crippen LogP) is 8.26. The number of rotatable bonds is 7. The van der Waals surface area contributed by atoms with Gasteiger partial charge in [0, 0.05) is 10.9 Å². The van der Waals surface area contributed by atoms with Crippen LogP contribution in [0.5, 0.6) is 0 Å². The summed E-state index contributed by atoms with van der Waals surface area (Å²) in [6.07, 6.45) is 3.91. The molecule has 2 rings (SSSR count). The Labute approximate surface area is 167 Å². The minimum atomic E-state index is -0.751. The Balaban J connectivity index is 2.62. The molecule has 3 heteroatoms. The average molecular weight is 391 g/mol. The molecule has 0 bridgehead atoms. The molecule has 0 spiro atoms. The van der Waals surface area contributed by atoms with E-state index in [2.05, 4.69) is 19.9 Å². The zero-order chi connectivity index (χ0) is 20.1.